The number of nitrogens with zero attached hydrogens (tertiary/aromatic N) is 1. The molecule has 0 atom stereocenters. The average Bonchev–Trinajstić information content (AvgIpc) is 3.05. The van der Waals surface area contributed by atoms with Crippen molar-refractivity contribution in [3.63, 3.8) is 0 Å². The molecule has 11 nitrogen and oxygen atoms in total. The van der Waals surface area contributed by atoms with Crippen LogP contribution >= 0.6 is 11.6 Å². The first-order chi connectivity index (χ1) is 16.2. The zero-order chi connectivity index (χ0) is 24.8. The SMILES string of the molecule is COc1ccccc1NC(=O)CN1C(=O)NC(=Cc2cc(Cl)c(OCC(=O)O)c(OC)c2)C1=O. The summed E-state index contributed by atoms with van der Waals surface area (Å²) >= 11 is 6.17. The van der Waals surface area contributed by atoms with Crippen LogP contribution in [-0.4, -0.2) is 61.2 Å². The first-order valence-electron chi connectivity index (χ1n) is 9.73. The Morgan fingerprint density at radius 2 is 1.85 bits per heavy atom. The zero-order valence-corrected chi connectivity index (χ0v) is 18.8. The lowest BCUT2D eigenvalue weighted by molar-refractivity contribution is -0.139. The Balaban J connectivity index is 1.76. The third kappa shape index (κ3) is 5.56. The van der Waals surface area contributed by atoms with Crippen molar-refractivity contribution in [2.45, 2.75) is 0 Å². The second-order valence-corrected chi connectivity index (χ2v) is 7.25. The van der Waals surface area contributed by atoms with E-state index >= 15 is 0 Å². The van der Waals surface area contributed by atoms with Crippen LogP contribution in [0, 0.1) is 0 Å². The highest BCUT2D eigenvalue weighted by Crippen LogP contribution is 2.37. The number of methoxy groups -OCH3 is 2. The number of hydrogen-bond donors (Lipinski definition) is 3. The second kappa shape index (κ2) is 10.6. The molecule has 0 saturated carbocycles. The normalized spacial score (nSPS) is 14.1. The van der Waals surface area contributed by atoms with E-state index in [1.807, 2.05) is 0 Å². The lowest BCUT2D eigenvalue weighted by atomic mass is 10.1. The lowest BCUT2D eigenvalue weighted by Crippen LogP contribution is -2.38. The maximum atomic E-state index is 12.7. The highest BCUT2D eigenvalue weighted by Gasteiger charge is 2.35. The molecule has 0 bridgehead atoms. The molecule has 1 saturated heterocycles. The van der Waals surface area contributed by atoms with Crippen LogP contribution in [0.25, 0.3) is 6.08 Å². The van der Waals surface area contributed by atoms with Gasteiger partial charge in [-0.2, -0.15) is 0 Å². The number of imide groups is 1. The van der Waals surface area contributed by atoms with E-state index in [-0.39, 0.29) is 22.2 Å². The van der Waals surface area contributed by atoms with Gasteiger partial charge in [0.2, 0.25) is 5.91 Å². The van der Waals surface area contributed by atoms with Crippen molar-refractivity contribution >= 4 is 47.2 Å². The van der Waals surface area contributed by atoms with Gasteiger partial charge in [0.15, 0.2) is 18.1 Å². The van der Waals surface area contributed by atoms with Crippen LogP contribution in [0.5, 0.6) is 17.2 Å². The number of benzene rings is 2. The first-order valence-corrected chi connectivity index (χ1v) is 10.1. The molecule has 0 radical (unpaired) electrons. The van der Waals surface area contributed by atoms with Gasteiger partial charge in [0.1, 0.15) is 18.0 Å². The number of hydrogen-bond acceptors (Lipinski definition) is 7. The van der Waals surface area contributed by atoms with E-state index in [0.717, 1.165) is 4.90 Å². The number of ether oxygens (including phenoxy) is 3. The Bertz CT molecular complexity index is 1180. The quantitative estimate of drug-likeness (QED) is 0.359. The second-order valence-electron chi connectivity index (χ2n) is 6.84. The van der Waals surface area contributed by atoms with Gasteiger partial charge in [-0.05, 0) is 35.9 Å². The maximum Gasteiger partial charge on any atom is 0.341 e. The molecule has 0 aliphatic carbocycles. The average molecular weight is 490 g/mol. The molecule has 2 aromatic carbocycles. The monoisotopic (exact) mass is 489 g/mol. The summed E-state index contributed by atoms with van der Waals surface area (Å²) < 4.78 is 15.5. The molecule has 2 aromatic rings. The van der Waals surface area contributed by atoms with E-state index in [1.54, 1.807) is 24.3 Å². The van der Waals surface area contributed by atoms with Crippen LogP contribution in [0.4, 0.5) is 10.5 Å². The Hall–Kier alpha value is -4.25. The van der Waals surface area contributed by atoms with E-state index in [0.29, 0.717) is 17.0 Å². The van der Waals surface area contributed by atoms with Crippen LogP contribution in [0.1, 0.15) is 5.56 Å². The van der Waals surface area contributed by atoms with Gasteiger partial charge >= 0.3 is 12.0 Å². The number of carbonyl (C=O) groups is 4. The first kappa shape index (κ1) is 24.4. The summed E-state index contributed by atoms with van der Waals surface area (Å²) in [5, 5.41) is 13.8. The van der Waals surface area contributed by atoms with Crippen molar-refractivity contribution in [3.8, 4) is 17.2 Å². The number of carboxylic acids is 1. The van der Waals surface area contributed by atoms with Crippen molar-refractivity contribution in [2.24, 2.45) is 0 Å². The van der Waals surface area contributed by atoms with Crippen LogP contribution in [0.15, 0.2) is 42.1 Å². The summed E-state index contributed by atoms with van der Waals surface area (Å²) in [6, 6.07) is 8.79. The fourth-order valence-electron chi connectivity index (χ4n) is 3.06. The van der Waals surface area contributed by atoms with E-state index < -0.39 is 37.0 Å². The fraction of sp³-hybridized carbons (Fsp3) is 0.182. The topological polar surface area (TPSA) is 144 Å². The molecule has 1 heterocycles. The minimum absolute atomic E-state index is 0.0186. The van der Waals surface area contributed by atoms with Crippen molar-refractivity contribution in [3.05, 3.63) is 52.7 Å². The number of rotatable bonds is 9. The largest absolute Gasteiger partial charge is 0.495 e. The third-order valence-electron chi connectivity index (χ3n) is 4.55. The highest BCUT2D eigenvalue weighted by atomic mass is 35.5. The molecular weight excluding hydrogens is 470 g/mol. The van der Waals surface area contributed by atoms with Crippen molar-refractivity contribution in [1.82, 2.24) is 10.2 Å². The predicted molar refractivity (Wildman–Crippen MR) is 121 cm³/mol. The van der Waals surface area contributed by atoms with E-state index in [9.17, 15) is 19.2 Å². The maximum absolute atomic E-state index is 12.7. The molecule has 0 aromatic heterocycles. The summed E-state index contributed by atoms with van der Waals surface area (Å²) in [6.45, 7) is -1.15. The number of anilines is 1. The smallest absolute Gasteiger partial charge is 0.341 e. The lowest BCUT2D eigenvalue weighted by Gasteiger charge is -2.13. The van der Waals surface area contributed by atoms with Gasteiger partial charge in [-0.1, -0.05) is 23.7 Å². The molecular formula is C22H20ClN3O8. The number of halogens is 1. The van der Waals surface area contributed by atoms with Gasteiger partial charge < -0.3 is 30.0 Å². The van der Waals surface area contributed by atoms with Gasteiger partial charge in [-0.15, -0.1) is 0 Å². The molecule has 3 N–H and O–H groups in total. The number of carbonyl (C=O) groups excluding carboxylic acids is 3. The molecule has 1 fully saturated rings. The molecule has 34 heavy (non-hydrogen) atoms. The van der Waals surface area contributed by atoms with E-state index in [4.69, 9.17) is 30.9 Å². The molecule has 1 aliphatic rings. The number of nitrogens with one attached hydrogen (secondary N) is 2. The number of aliphatic carboxylic acids is 1. The minimum atomic E-state index is -1.20. The van der Waals surface area contributed by atoms with Crippen LogP contribution in [0.2, 0.25) is 5.02 Å². The Morgan fingerprint density at radius 1 is 1.15 bits per heavy atom. The van der Waals surface area contributed by atoms with Gasteiger partial charge in [0, 0.05) is 0 Å². The summed E-state index contributed by atoms with van der Waals surface area (Å²) in [4.78, 5) is 49.0. The highest BCUT2D eigenvalue weighted by molar-refractivity contribution is 6.32. The van der Waals surface area contributed by atoms with Crippen LogP contribution in [-0.2, 0) is 14.4 Å². The number of para-hydroxylation sites is 2. The number of carboxylic acid groups (broad SMARTS) is 1. The summed E-state index contributed by atoms with van der Waals surface area (Å²) in [7, 11) is 2.78. The Morgan fingerprint density at radius 3 is 2.53 bits per heavy atom. The van der Waals surface area contributed by atoms with E-state index in [1.165, 1.54) is 32.4 Å². The molecule has 1 aliphatic heterocycles. The molecule has 4 amide bonds. The summed E-state index contributed by atoms with van der Waals surface area (Å²) in [5.74, 6) is -1.94. The molecule has 3 rings (SSSR count). The van der Waals surface area contributed by atoms with Crippen molar-refractivity contribution in [2.75, 3.05) is 32.7 Å². The van der Waals surface area contributed by atoms with Gasteiger partial charge in [-0.25, -0.2) is 14.5 Å². The van der Waals surface area contributed by atoms with Crippen LogP contribution < -0.4 is 24.8 Å². The molecule has 0 unspecified atom stereocenters. The fourth-order valence-corrected chi connectivity index (χ4v) is 3.33. The summed E-state index contributed by atoms with van der Waals surface area (Å²) in [5.41, 5.74) is 0.672. The van der Waals surface area contributed by atoms with Crippen molar-refractivity contribution in [1.29, 1.82) is 0 Å². The molecule has 12 heteroatoms. The molecule has 178 valence electrons. The number of urea groups is 1. The van der Waals surface area contributed by atoms with E-state index in [2.05, 4.69) is 10.6 Å². The predicted octanol–water partition coefficient (Wildman–Crippen LogP) is 2.35. The number of amides is 4. The Kier molecular flexibility index (Phi) is 7.59. The minimum Gasteiger partial charge on any atom is -0.495 e. The van der Waals surface area contributed by atoms with Gasteiger partial charge in [0.05, 0.1) is 24.9 Å². The third-order valence-corrected chi connectivity index (χ3v) is 4.83. The van der Waals surface area contributed by atoms with Crippen molar-refractivity contribution < 1.29 is 38.5 Å². The van der Waals surface area contributed by atoms with Gasteiger partial charge in [-0.3, -0.25) is 9.59 Å². The Labute approximate surface area is 198 Å². The standard InChI is InChI=1S/C22H20ClN3O8/c1-32-16-6-4-3-5-14(16)24-18(27)10-26-21(30)15(25-22(26)31)8-12-7-13(23)20(17(9-12)33-2)34-11-19(28)29/h3-9H,10-11H2,1-2H3,(H,24,27)(H,25,31)(H,28,29). The van der Waals surface area contributed by atoms with Crippen LogP contribution in [0.3, 0.4) is 0 Å². The zero-order valence-electron chi connectivity index (χ0n) is 18.1. The van der Waals surface area contributed by atoms with Gasteiger partial charge in [0.25, 0.3) is 5.91 Å². The summed E-state index contributed by atoms with van der Waals surface area (Å²) in [6.07, 6.45) is 1.34. The molecule has 0 spiro atoms.